The number of H-pyrrole nitrogens is 1. The lowest BCUT2D eigenvalue weighted by molar-refractivity contribution is -0.165. The molecule has 148 valence electrons. The number of fused-ring (bicyclic) bond motifs is 2. The lowest BCUT2D eigenvalue weighted by Crippen LogP contribution is -2.48. The first-order chi connectivity index (χ1) is 14.2. The van der Waals surface area contributed by atoms with Crippen LogP contribution < -0.4 is 5.32 Å². The summed E-state index contributed by atoms with van der Waals surface area (Å²) in [6.45, 7) is 0.928. The number of aromatic amines is 1. The number of rotatable bonds is 3. The Labute approximate surface area is 167 Å². The maximum Gasteiger partial charge on any atom is 0.224 e. The number of benzene rings is 1. The summed E-state index contributed by atoms with van der Waals surface area (Å²) in [4.78, 5) is 12.6. The van der Waals surface area contributed by atoms with Crippen molar-refractivity contribution in [3.8, 4) is 11.1 Å². The second-order valence-corrected chi connectivity index (χ2v) is 8.27. The second kappa shape index (κ2) is 6.25. The predicted octanol–water partition coefficient (Wildman–Crippen LogP) is 3.42. The van der Waals surface area contributed by atoms with Crippen LogP contribution in [0.2, 0.25) is 0 Å². The van der Waals surface area contributed by atoms with Crippen LogP contribution in [0.15, 0.2) is 30.6 Å². The summed E-state index contributed by atoms with van der Waals surface area (Å²) < 4.78 is 7.60. The van der Waals surface area contributed by atoms with Crippen molar-refractivity contribution in [2.24, 2.45) is 7.05 Å². The van der Waals surface area contributed by atoms with Crippen LogP contribution in [0.25, 0.3) is 33.2 Å². The van der Waals surface area contributed by atoms with Crippen molar-refractivity contribution >= 4 is 28.0 Å². The van der Waals surface area contributed by atoms with Gasteiger partial charge in [-0.25, -0.2) is 9.67 Å². The molecule has 2 fully saturated rings. The molecule has 1 spiro atoms. The molecular formula is C21H23N7O. The van der Waals surface area contributed by atoms with E-state index in [1.54, 1.807) is 4.68 Å². The fourth-order valence-corrected chi connectivity index (χ4v) is 4.67. The van der Waals surface area contributed by atoms with E-state index in [-0.39, 0.29) is 5.60 Å². The zero-order valence-electron chi connectivity index (χ0n) is 16.4. The fraction of sp³-hybridized carbons (Fsp3) is 0.429. The van der Waals surface area contributed by atoms with Gasteiger partial charge in [0.05, 0.1) is 17.7 Å². The SMILES string of the molecule is Cn1nnc2ccc(-c3c[nH]c4nc(NC5CCC6(CCO6)CC5)ncc34)cc21. The average Bonchev–Trinajstić information content (AvgIpc) is 3.30. The standard InChI is InChI=1S/C21H23N7O/c1-28-18-10-13(2-3-17(18)26-27-28)15-11-22-19-16(15)12-23-20(25-19)24-14-4-6-21(7-5-14)8-9-29-21/h2-3,10-12,14H,4-9H2,1H3,(H2,22,23,24,25). The number of nitrogens with one attached hydrogen (secondary N) is 2. The van der Waals surface area contributed by atoms with Crippen molar-refractivity contribution in [1.29, 1.82) is 0 Å². The molecule has 3 aromatic heterocycles. The van der Waals surface area contributed by atoms with Gasteiger partial charge in [-0.15, -0.1) is 5.10 Å². The third-order valence-electron chi connectivity index (χ3n) is 6.55. The summed E-state index contributed by atoms with van der Waals surface area (Å²) in [5.74, 6) is 0.688. The minimum Gasteiger partial charge on any atom is -0.375 e. The van der Waals surface area contributed by atoms with E-state index in [1.165, 1.54) is 6.42 Å². The molecule has 0 amide bonds. The Balaban J connectivity index is 1.25. The highest BCUT2D eigenvalue weighted by Crippen LogP contribution is 2.41. The van der Waals surface area contributed by atoms with E-state index in [0.29, 0.717) is 12.0 Å². The van der Waals surface area contributed by atoms with E-state index in [4.69, 9.17) is 9.72 Å². The van der Waals surface area contributed by atoms with E-state index >= 15 is 0 Å². The molecule has 1 saturated heterocycles. The molecule has 4 aromatic rings. The van der Waals surface area contributed by atoms with Gasteiger partial charge in [-0.2, -0.15) is 4.98 Å². The maximum atomic E-state index is 5.82. The Bertz CT molecular complexity index is 1200. The molecule has 1 aliphatic carbocycles. The molecule has 1 saturated carbocycles. The highest BCUT2D eigenvalue weighted by Gasteiger charge is 2.41. The van der Waals surface area contributed by atoms with E-state index in [1.807, 2.05) is 25.5 Å². The van der Waals surface area contributed by atoms with E-state index in [0.717, 1.165) is 65.5 Å². The van der Waals surface area contributed by atoms with E-state index in [2.05, 4.69) is 37.7 Å². The van der Waals surface area contributed by atoms with Gasteiger partial charge >= 0.3 is 0 Å². The van der Waals surface area contributed by atoms with Crippen LogP contribution in [0, 0.1) is 0 Å². The van der Waals surface area contributed by atoms with Crippen LogP contribution >= 0.6 is 0 Å². The molecule has 2 aliphatic rings. The molecule has 4 heterocycles. The number of aromatic nitrogens is 6. The van der Waals surface area contributed by atoms with Crippen molar-refractivity contribution in [3.63, 3.8) is 0 Å². The van der Waals surface area contributed by atoms with Crippen LogP contribution in [-0.4, -0.2) is 48.2 Å². The van der Waals surface area contributed by atoms with Crippen LogP contribution in [0.4, 0.5) is 5.95 Å². The second-order valence-electron chi connectivity index (χ2n) is 8.27. The molecule has 0 bridgehead atoms. The molecule has 1 aromatic carbocycles. The highest BCUT2D eigenvalue weighted by molar-refractivity contribution is 5.95. The Morgan fingerprint density at radius 3 is 2.90 bits per heavy atom. The van der Waals surface area contributed by atoms with Crippen molar-refractivity contribution in [1.82, 2.24) is 29.9 Å². The zero-order chi connectivity index (χ0) is 19.4. The first-order valence-corrected chi connectivity index (χ1v) is 10.2. The number of anilines is 1. The Kier molecular flexibility index (Phi) is 3.64. The monoisotopic (exact) mass is 389 g/mol. The first-order valence-electron chi connectivity index (χ1n) is 10.2. The number of aryl methyl sites for hydroxylation is 1. The van der Waals surface area contributed by atoms with Gasteiger partial charge in [0.25, 0.3) is 0 Å². The average molecular weight is 389 g/mol. The fourth-order valence-electron chi connectivity index (χ4n) is 4.67. The van der Waals surface area contributed by atoms with E-state index < -0.39 is 0 Å². The van der Waals surface area contributed by atoms with Crippen LogP contribution in [0.3, 0.4) is 0 Å². The molecule has 0 radical (unpaired) electrons. The predicted molar refractivity (Wildman–Crippen MR) is 111 cm³/mol. The largest absolute Gasteiger partial charge is 0.375 e. The minimum atomic E-state index is 0.182. The molecule has 8 nitrogen and oxygen atoms in total. The summed E-state index contributed by atoms with van der Waals surface area (Å²) in [5, 5.41) is 12.8. The molecular weight excluding hydrogens is 366 g/mol. The van der Waals surface area contributed by atoms with Crippen LogP contribution in [0.5, 0.6) is 0 Å². The van der Waals surface area contributed by atoms with Gasteiger partial charge in [0, 0.05) is 36.4 Å². The lowest BCUT2D eigenvalue weighted by atomic mass is 9.77. The highest BCUT2D eigenvalue weighted by atomic mass is 16.5. The first kappa shape index (κ1) is 16.9. The maximum absolute atomic E-state index is 5.82. The van der Waals surface area contributed by atoms with Gasteiger partial charge in [0.2, 0.25) is 5.95 Å². The van der Waals surface area contributed by atoms with E-state index in [9.17, 15) is 0 Å². The molecule has 0 unspecified atom stereocenters. The van der Waals surface area contributed by atoms with Crippen LogP contribution in [0.1, 0.15) is 32.1 Å². The Hall–Kier alpha value is -3.00. The third-order valence-corrected chi connectivity index (χ3v) is 6.55. The van der Waals surface area contributed by atoms with Crippen LogP contribution in [-0.2, 0) is 11.8 Å². The van der Waals surface area contributed by atoms with Crippen molar-refractivity contribution < 1.29 is 4.74 Å². The summed E-state index contributed by atoms with van der Waals surface area (Å²) in [6, 6.07) is 6.57. The summed E-state index contributed by atoms with van der Waals surface area (Å²) in [6.07, 6.45) is 9.59. The van der Waals surface area contributed by atoms with Gasteiger partial charge < -0.3 is 15.0 Å². The summed E-state index contributed by atoms with van der Waals surface area (Å²) >= 11 is 0. The van der Waals surface area contributed by atoms with Gasteiger partial charge in [-0.1, -0.05) is 11.3 Å². The Morgan fingerprint density at radius 2 is 2.10 bits per heavy atom. The van der Waals surface area contributed by atoms with Gasteiger partial charge in [-0.3, -0.25) is 0 Å². The number of ether oxygens (including phenoxy) is 1. The normalized spacial score (nSPS) is 24.2. The molecule has 0 atom stereocenters. The topological polar surface area (TPSA) is 93.5 Å². The van der Waals surface area contributed by atoms with Crippen molar-refractivity contribution in [3.05, 3.63) is 30.6 Å². The molecule has 6 rings (SSSR count). The number of nitrogens with zero attached hydrogens (tertiary/aromatic N) is 5. The van der Waals surface area contributed by atoms with Gasteiger partial charge in [0.15, 0.2) is 0 Å². The molecule has 8 heteroatoms. The third kappa shape index (κ3) is 2.78. The van der Waals surface area contributed by atoms with Crippen molar-refractivity contribution in [2.45, 2.75) is 43.7 Å². The molecule has 1 aliphatic heterocycles. The smallest absolute Gasteiger partial charge is 0.224 e. The Morgan fingerprint density at radius 1 is 1.24 bits per heavy atom. The number of hydrogen-bond donors (Lipinski definition) is 2. The quantitative estimate of drug-likeness (QED) is 0.558. The minimum absolute atomic E-state index is 0.182. The van der Waals surface area contributed by atoms with Gasteiger partial charge in [0.1, 0.15) is 11.2 Å². The van der Waals surface area contributed by atoms with Gasteiger partial charge in [-0.05, 0) is 49.8 Å². The molecule has 2 N–H and O–H groups in total. The summed E-state index contributed by atoms with van der Waals surface area (Å²) in [7, 11) is 1.90. The lowest BCUT2D eigenvalue weighted by Gasteiger charge is -2.46. The summed E-state index contributed by atoms with van der Waals surface area (Å²) in [5.41, 5.74) is 5.09. The molecule has 29 heavy (non-hydrogen) atoms. The number of hydrogen-bond acceptors (Lipinski definition) is 6. The zero-order valence-corrected chi connectivity index (χ0v) is 16.4. The van der Waals surface area contributed by atoms with Crippen molar-refractivity contribution in [2.75, 3.05) is 11.9 Å².